The minimum absolute atomic E-state index is 0.0501. The zero-order valence-corrected chi connectivity index (χ0v) is 15.1. The van der Waals surface area contributed by atoms with E-state index in [1.807, 2.05) is 42.5 Å². The summed E-state index contributed by atoms with van der Waals surface area (Å²) in [6.45, 7) is 0. The molecule has 25 heavy (non-hydrogen) atoms. The van der Waals surface area contributed by atoms with Crippen LogP contribution in [0.25, 0.3) is 21.6 Å². The van der Waals surface area contributed by atoms with Gasteiger partial charge in [-0.05, 0) is 42.5 Å². The first-order valence-corrected chi connectivity index (χ1v) is 8.74. The minimum atomic E-state index is -0.0501. The average molecular weight is 372 g/mol. The summed E-state index contributed by atoms with van der Waals surface area (Å²) < 4.78 is 3.97. The average Bonchev–Trinajstić information content (AvgIpc) is 3.14. The number of anilines is 2. The van der Waals surface area contributed by atoms with Crippen molar-refractivity contribution in [2.24, 2.45) is 14.1 Å². The summed E-state index contributed by atoms with van der Waals surface area (Å²) >= 11 is 7.42. The number of thiophene rings is 1. The van der Waals surface area contributed by atoms with Crippen LogP contribution in [0.4, 0.5) is 11.5 Å². The summed E-state index contributed by atoms with van der Waals surface area (Å²) in [5.74, 6) is 0.631. The van der Waals surface area contributed by atoms with Crippen LogP contribution in [0.3, 0.4) is 0 Å². The number of fused-ring (bicyclic) bond motifs is 1. The standard InChI is InChI=1S/C17H14ClN5OS/c1-22-12-5-3-10(9-13(12)23(2)17(22)24)19-16-8-4-11(20-21-16)14-6-7-15(18)25-14/h3-9H,1-2H3,(H,19,21). The molecule has 0 saturated heterocycles. The van der Waals surface area contributed by atoms with Gasteiger partial charge in [0.05, 0.1) is 20.2 Å². The molecule has 3 heterocycles. The van der Waals surface area contributed by atoms with Gasteiger partial charge in [-0.15, -0.1) is 21.5 Å². The highest BCUT2D eigenvalue weighted by Crippen LogP contribution is 2.30. The molecule has 1 N–H and O–H groups in total. The molecule has 1 aromatic carbocycles. The molecular formula is C17H14ClN5OS. The van der Waals surface area contributed by atoms with Gasteiger partial charge in [-0.2, -0.15) is 0 Å². The van der Waals surface area contributed by atoms with E-state index in [1.165, 1.54) is 11.3 Å². The third kappa shape index (κ3) is 2.81. The van der Waals surface area contributed by atoms with E-state index >= 15 is 0 Å². The Morgan fingerprint density at radius 2 is 1.80 bits per heavy atom. The largest absolute Gasteiger partial charge is 0.339 e. The van der Waals surface area contributed by atoms with Crippen molar-refractivity contribution in [2.45, 2.75) is 0 Å². The van der Waals surface area contributed by atoms with Crippen LogP contribution in [0.2, 0.25) is 4.34 Å². The Morgan fingerprint density at radius 3 is 2.48 bits per heavy atom. The number of aromatic nitrogens is 4. The summed E-state index contributed by atoms with van der Waals surface area (Å²) in [6, 6.07) is 13.3. The fourth-order valence-corrected chi connectivity index (χ4v) is 3.72. The Bertz CT molecular complexity index is 1130. The number of halogens is 1. The maximum atomic E-state index is 12.0. The predicted molar refractivity (Wildman–Crippen MR) is 102 cm³/mol. The molecule has 0 fully saturated rings. The van der Waals surface area contributed by atoms with E-state index in [0.717, 1.165) is 31.6 Å². The Kier molecular flexibility index (Phi) is 3.82. The number of nitrogens with zero attached hydrogens (tertiary/aromatic N) is 4. The van der Waals surface area contributed by atoms with Crippen molar-refractivity contribution in [2.75, 3.05) is 5.32 Å². The Balaban J connectivity index is 1.63. The molecule has 6 nitrogen and oxygen atoms in total. The summed E-state index contributed by atoms with van der Waals surface area (Å²) in [5, 5.41) is 11.7. The molecule has 0 aliphatic carbocycles. The third-order valence-corrected chi connectivity index (χ3v) is 5.29. The van der Waals surface area contributed by atoms with Crippen molar-refractivity contribution in [1.29, 1.82) is 0 Å². The molecule has 0 saturated carbocycles. The highest BCUT2D eigenvalue weighted by molar-refractivity contribution is 7.19. The van der Waals surface area contributed by atoms with Crippen LogP contribution in [-0.2, 0) is 14.1 Å². The van der Waals surface area contributed by atoms with E-state index in [4.69, 9.17) is 11.6 Å². The summed E-state index contributed by atoms with van der Waals surface area (Å²) in [7, 11) is 3.52. The molecular weight excluding hydrogens is 358 g/mol. The van der Waals surface area contributed by atoms with Crippen LogP contribution in [0.15, 0.2) is 47.3 Å². The summed E-state index contributed by atoms with van der Waals surface area (Å²) in [4.78, 5) is 13.0. The van der Waals surface area contributed by atoms with Gasteiger partial charge in [0, 0.05) is 19.8 Å². The number of hydrogen-bond donors (Lipinski definition) is 1. The lowest BCUT2D eigenvalue weighted by Crippen LogP contribution is -2.19. The smallest absolute Gasteiger partial charge is 0.328 e. The first kappa shape index (κ1) is 15.9. The van der Waals surface area contributed by atoms with Crippen molar-refractivity contribution in [1.82, 2.24) is 19.3 Å². The number of imidazole rings is 1. The normalized spacial score (nSPS) is 11.2. The van der Waals surface area contributed by atoms with Gasteiger partial charge in [-0.25, -0.2) is 4.79 Å². The van der Waals surface area contributed by atoms with Crippen molar-refractivity contribution in [3.8, 4) is 10.6 Å². The molecule has 0 radical (unpaired) electrons. The second kappa shape index (κ2) is 6.02. The van der Waals surface area contributed by atoms with Crippen molar-refractivity contribution in [3.63, 3.8) is 0 Å². The van der Waals surface area contributed by atoms with E-state index in [-0.39, 0.29) is 5.69 Å². The maximum absolute atomic E-state index is 12.0. The number of aryl methyl sites for hydroxylation is 2. The second-order valence-electron chi connectivity index (χ2n) is 5.64. The third-order valence-electron chi connectivity index (χ3n) is 4.03. The number of benzene rings is 1. The number of hydrogen-bond acceptors (Lipinski definition) is 5. The maximum Gasteiger partial charge on any atom is 0.328 e. The highest BCUT2D eigenvalue weighted by Gasteiger charge is 2.09. The molecule has 0 unspecified atom stereocenters. The van der Waals surface area contributed by atoms with E-state index in [1.54, 1.807) is 23.2 Å². The Morgan fingerprint density at radius 1 is 1.00 bits per heavy atom. The first-order valence-electron chi connectivity index (χ1n) is 7.55. The molecule has 0 amide bonds. The summed E-state index contributed by atoms with van der Waals surface area (Å²) in [6.07, 6.45) is 0. The van der Waals surface area contributed by atoms with E-state index in [2.05, 4.69) is 15.5 Å². The zero-order chi connectivity index (χ0) is 17.6. The van der Waals surface area contributed by atoms with Gasteiger partial charge >= 0.3 is 5.69 Å². The number of nitrogens with one attached hydrogen (secondary N) is 1. The molecule has 0 atom stereocenters. The predicted octanol–water partition coefficient (Wildman–Crippen LogP) is 3.79. The molecule has 8 heteroatoms. The lowest BCUT2D eigenvalue weighted by atomic mass is 10.2. The lowest BCUT2D eigenvalue weighted by Gasteiger charge is -2.06. The minimum Gasteiger partial charge on any atom is -0.339 e. The van der Waals surface area contributed by atoms with Crippen molar-refractivity contribution >= 4 is 45.5 Å². The quantitative estimate of drug-likeness (QED) is 0.595. The highest BCUT2D eigenvalue weighted by atomic mass is 35.5. The number of rotatable bonds is 3. The van der Waals surface area contributed by atoms with E-state index in [0.29, 0.717) is 5.82 Å². The van der Waals surface area contributed by atoms with E-state index in [9.17, 15) is 4.79 Å². The molecule has 0 aliphatic rings. The fraction of sp³-hybridized carbons (Fsp3) is 0.118. The molecule has 3 aromatic heterocycles. The monoisotopic (exact) mass is 371 g/mol. The molecule has 4 rings (SSSR count). The van der Waals surface area contributed by atoms with Gasteiger partial charge in [0.1, 0.15) is 5.69 Å². The molecule has 0 bridgehead atoms. The van der Waals surface area contributed by atoms with Gasteiger partial charge in [-0.3, -0.25) is 9.13 Å². The van der Waals surface area contributed by atoms with Gasteiger partial charge < -0.3 is 5.32 Å². The van der Waals surface area contributed by atoms with Gasteiger partial charge in [0.15, 0.2) is 5.82 Å². The first-order chi connectivity index (χ1) is 12.0. The molecule has 0 spiro atoms. The van der Waals surface area contributed by atoms with Crippen LogP contribution in [0.5, 0.6) is 0 Å². The molecule has 126 valence electrons. The van der Waals surface area contributed by atoms with Crippen molar-refractivity contribution < 1.29 is 0 Å². The van der Waals surface area contributed by atoms with Crippen LogP contribution >= 0.6 is 22.9 Å². The summed E-state index contributed by atoms with van der Waals surface area (Å²) in [5.41, 5.74) is 3.31. The second-order valence-corrected chi connectivity index (χ2v) is 7.35. The zero-order valence-electron chi connectivity index (χ0n) is 13.5. The van der Waals surface area contributed by atoms with Gasteiger partial charge in [0.25, 0.3) is 0 Å². The lowest BCUT2D eigenvalue weighted by molar-refractivity contribution is 0.795. The van der Waals surface area contributed by atoms with Crippen LogP contribution in [0, 0.1) is 0 Å². The van der Waals surface area contributed by atoms with E-state index < -0.39 is 0 Å². The molecule has 4 aromatic rings. The Hall–Kier alpha value is -2.64. The van der Waals surface area contributed by atoms with Crippen LogP contribution in [-0.4, -0.2) is 19.3 Å². The molecule has 0 aliphatic heterocycles. The van der Waals surface area contributed by atoms with Crippen LogP contribution in [0.1, 0.15) is 0 Å². The van der Waals surface area contributed by atoms with Crippen LogP contribution < -0.4 is 11.0 Å². The van der Waals surface area contributed by atoms with Gasteiger partial charge in [-0.1, -0.05) is 11.6 Å². The van der Waals surface area contributed by atoms with Crippen molar-refractivity contribution in [3.05, 3.63) is 57.3 Å². The Labute approximate surface area is 152 Å². The SMILES string of the molecule is Cn1c(=O)n(C)c2cc(Nc3ccc(-c4ccc(Cl)s4)nn3)ccc21. The van der Waals surface area contributed by atoms with Gasteiger partial charge in [0.2, 0.25) is 0 Å². The fourth-order valence-electron chi connectivity index (χ4n) is 2.71. The topological polar surface area (TPSA) is 64.7 Å².